The van der Waals surface area contributed by atoms with Gasteiger partial charge in [-0.1, -0.05) is 24.3 Å². The van der Waals surface area contributed by atoms with Crippen molar-refractivity contribution in [3.8, 4) is 17.3 Å². The summed E-state index contributed by atoms with van der Waals surface area (Å²) in [4.78, 5) is 33.4. The number of allylic oxidation sites excluding steroid dienone is 1. The number of aromatic nitrogens is 1. The maximum Gasteiger partial charge on any atom is 0.224 e. The lowest BCUT2D eigenvalue weighted by atomic mass is 10.1. The van der Waals surface area contributed by atoms with Crippen LogP contribution in [0.15, 0.2) is 65.3 Å². The zero-order valence-corrected chi connectivity index (χ0v) is 19.4. The lowest BCUT2D eigenvalue weighted by molar-refractivity contribution is -0.120. The SMILES string of the molecule is Cc1nc(-c2ccc(NC(=O)CCC(=O)C(C#N)=C3N(C)c4ccccc4N3C)cc2)cs1. The molecule has 1 aliphatic rings. The van der Waals surface area contributed by atoms with E-state index in [2.05, 4.69) is 10.3 Å². The first-order chi connectivity index (χ1) is 15.9. The highest BCUT2D eigenvalue weighted by Gasteiger charge is 2.31. The van der Waals surface area contributed by atoms with Crippen LogP contribution in [0, 0.1) is 18.3 Å². The molecule has 0 radical (unpaired) electrons. The fraction of sp³-hybridized carbons (Fsp3) is 0.200. The Balaban J connectivity index is 1.39. The number of benzene rings is 2. The molecule has 3 aromatic rings. The van der Waals surface area contributed by atoms with Gasteiger partial charge in [0.2, 0.25) is 5.91 Å². The number of carbonyl (C=O) groups excluding carboxylic acids is 2. The Morgan fingerprint density at radius 2 is 1.67 bits per heavy atom. The molecule has 1 aliphatic heterocycles. The van der Waals surface area contributed by atoms with E-state index < -0.39 is 0 Å². The summed E-state index contributed by atoms with van der Waals surface area (Å²) >= 11 is 1.59. The molecule has 0 bridgehead atoms. The number of nitriles is 1. The molecular weight excluding hydrogens is 434 g/mol. The first kappa shape index (κ1) is 22.2. The molecule has 8 heteroatoms. The fourth-order valence-corrected chi connectivity index (χ4v) is 4.47. The number of para-hydroxylation sites is 2. The molecule has 0 aliphatic carbocycles. The second kappa shape index (κ2) is 9.27. The minimum absolute atomic E-state index is 0.00922. The van der Waals surface area contributed by atoms with Crippen molar-refractivity contribution in [3.05, 3.63) is 70.3 Å². The normalized spacial score (nSPS) is 12.4. The van der Waals surface area contributed by atoms with Gasteiger partial charge >= 0.3 is 0 Å². The molecule has 0 saturated heterocycles. The molecule has 0 atom stereocenters. The minimum Gasteiger partial charge on any atom is -0.328 e. The molecule has 1 amide bonds. The number of nitrogens with one attached hydrogen (secondary N) is 1. The molecule has 166 valence electrons. The molecule has 0 fully saturated rings. The lowest BCUT2D eigenvalue weighted by Gasteiger charge is -2.19. The Hall–Kier alpha value is -3.96. The van der Waals surface area contributed by atoms with E-state index in [-0.39, 0.29) is 30.1 Å². The number of rotatable bonds is 6. The third-order valence-electron chi connectivity index (χ3n) is 5.52. The molecule has 0 unspecified atom stereocenters. The van der Waals surface area contributed by atoms with E-state index in [1.165, 1.54) is 0 Å². The van der Waals surface area contributed by atoms with Crippen LogP contribution in [0.5, 0.6) is 0 Å². The predicted molar refractivity (Wildman–Crippen MR) is 131 cm³/mol. The summed E-state index contributed by atoms with van der Waals surface area (Å²) in [6.45, 7) is 1.96. The van der Waals surface area contributed by atoms with Gasteiger partial charge in [0, 0.05) is 43.6 Å². The number of fused-ring (bicyclic) bond motifs is 1. The summed E-state index contributed by atoms with van der Waals surface area (Å²) in [5, 5.41) is 15.5. The van der Waals surface area contributed by atoms with Gasteiger partial charge in [0.15, 0.2) is 5.78 Å². The summed E-state index contributed by atoms with van der Waals surface area (Å²) in [7, 11) is 3.65. The second-order valence-electron chi connectivity index (χ2n) is 7.72. The summed E-state index contributed by atoms with van der Waals surface area (Å²) in [6.07, 6.45) is -0.0584. The van der Waals surface area contributed by atoms with Crippen LogP contribution >= 0.6 is 11.3 Å². The summed E-state index contributed by atoms with van der Waals surface area (Å²) in [5.41, 5.74) is 4.42. The van der Waals surface area contributed by atoms with E-state index >= 15 is 0 Å². The average Bonchev–Trinajstić information content (AvgIpc) is 3.36. The van der Waals surface area contributed by atoms with Crippen LogP contribution in [0.25, 0.3) is 11.3 Å². The van der Waals surface area contributed by atoms with Gasteiger partial charge in [-0.15, -0.1) is 11.3 Å². The van der Waals surface area contributed by atoms with Crippen molar-refractivity contribution in [3.63, 3.8) is 0 Å². The summed E-state index contributed by atoms with van der Waals surface area (Å²) in [6, 6.07) is 17.2. The van der Waals surface area contributed by atoms with Crippen molar-refractivity contribution < 1.29 is 9.59 Å². The van der Waals surface area contributed by atoms with Gasteiger partial charge in [0.05, 0.1) is 22.1 Å². The third kappa shape index (κ3) is 4.49. The third-order valence-corrected chi connectivity index (χ3v) is 6.29. The Morgan fingerprint density at radius 3 is 2.21 bits per heavy atom. The van der Waals surface area contributed by atoms with Crippen molar-refractivity contribution in [2.75, 3.05) is 29.2 Å². The minimum atomic E-state index is -0.358. The monoisotopic (exact) mass is 457 g/mol. The van der Waals surface area contributed by atoms with Crippen molar-refractivity contribution in [2.24, 2.45) is 0 Å². The zero-order chi connectivity index (χ0) is 23.5. The number of anilines is 3. The number of nitrogens with zero attached hydrogens (tertiary/aromatic N) is 4. The van der Waals surface area contributed by atoms with Gasteiger partial charge in [0.1, 0.15) is 17.5 Å². The van der Waals surface area contributed by atoms with Crippen molar-refractivity contribution in [2.45, 2.75) is 19.8 Å². The van der Waals surface area contributed by atoms with Gasteiger partial charge in [-0.2, -0.15) is 5.26 Å². The molecule has 1 aromatic heterocycles. The van der Waals surface area contributed by atoms with Crippen molar-refractivity contribution >= 4 is 40.1 Å². The number of ketones is 1. The second-order valence-corrected chi connectivity index (χ2v) is 8.78. The van der Waals surface area contributed by atoms with Crippen LogP contribution in [0.3, 0.4) is 0 Å². The number of aryl methyl sites for hydroxylation is 1. The zero-order valence-electron chi connectivity index (χ0n) is 18.6. The van der Waals surface area contributed by atoms with Crippen LogP contribution < -0.4 is 15.1 Å². The van der Waals surface area contributed by atoms with Crippen LogP contribution in [0.4, 0.5) is 17.1 Å². The van der Waals surface area contributed by atoms with E-state index in [0.29, 0.717) is 11.5 Å². The van der Waals surface area contributed by atoms with Gasteiger partial charge in [-0.25, -0.2) is 4.98 Å². The number of thiazole rings is 1. The number of carbonyl (C=O) groups is 2. The molecule has 2 heterocycles. The Morgan fingerprint density at radius 1 is 1.03 bits per heavy atom. The quantitative estimate of drug-likeness (QED) is 0.425. The number of hydrogen-bond acceptors (Lipinski definition) is 7. The van der Waals surface area contributed by atoms with Gasteiger partial charge < -0.3 is 15.1 Å². The van der Waals surface area contributed by atoms with Crippen molar-refractivity contribution in [1.82, 2.24) is 4.98 Å². The average molecular weight is 458 g/mol. The fourth-order valence-electron chi connectivity index (χ4n) is 3.85. The lowest BCUT2D eigenvalue weighted by Crippen LogP contribution is -2.26. The first-order valence-electron chi connectivity index (χ1n) is 10.5. The number of Topliss-reactive ketones (excluding diaryl/α,β-unsaturated/α-hetero) is 1. The first-order valence-corrected chi connectivity index (χ1v) is 11.3. The van der Waals surface area contributed by atoms with E-state index in [0.717, 1.165) is 27.6 Å². The van der Waals surface area contributed by atoms with E-state index in [1.807, 2.05) is 90.8 Å². The Bertz CT molecular complexity index is 1260. The molecule has 7 nitrogen and oxygen atoms in total. The highest BCUT2D eigenvalue weighted by Crippen LogP contribution is 2.40. The van der Waals surface area contributed by atoms with Crippen LogP contribution in [0.2, 0.25) is 0 Å². The standard InChI is InChI=1S/C25H23N5O2S/c1-16-27-20(15-33-16)17-8-10-18(11-9-17)28-24(32)13-12-23(31)19(14-26)25-29(2)21-6-4-5-7-22(21)30(25)3/h4-11,15H,12-13H2,1-3H3,(H,28,32). The molecule has 33 heavy (non-hydrogen) atoms. The van der Waals surface area contributed by atoms with Crippen LogP contribution in [-0.2, 0) is 9.59 Å². The molecule has 4 rings (SSSR count). The van der Waals surface area contributed by atoms with E-state index in [9.17, 15) is 14.9 Å². The highest BCUT2D eigenvalue weighted by molar-refractivity contribution is 7.09. The Kier molecular flexibility index (Phi) is 6.24. The summed E-state index contributed by atoms with van der Waals surface area (Å²) in [5.74, 6) is -0.111. The van der Waals surface area contributed by atoms with Gasteiger partial charge in [-0.05, 0) is 31.2 Å². The van der Waals surface area contributed by atoms with E-state index in [4.69, 9.17) is 0 Å². The molecule has 1 N–H and O–H groups in total. The maximum atomic E-state index is 12.8. The smallest absolute Gasteiger partial charge is 0.224 e. The molecule has 2 aromatic carbocycles. The van der Waals surface area contributed by atoms with E-state index in [1.54, 1.807) is 11.3 Å². The largest absolute Gasteiger partial charge is 0.328 e. The molecule has 0 spiro atoms. The highest BCUT2D eigenvalue weighted by atomic mass is 32.1. The van der Waals surface area contributed by atoms with Crippen molar-refractivity contribution in [1.29, 1.82) is 5.26 Å². The maximum absolute atomic E-state index is 12.8. The predicted octanol–water partition coefficient (Wildman–Crippen LogP) is 4.73. The molecule has 0 saturated carbocycles. The number of hydrogen-bond donors (Lipinski definition) is 1. The van der Waals surface area contributed by atoms with Crippen LogP contribution in [-0.4, -0.2) is 30.8 Å². The number of amides is 1. The van der Waals surface area contributed by atoms with Crippen LogP contribution in [0.1, 0.15) is 17.8 Å². The summed E-state index contributed by atoms with van der Waals surface area (Å²) < 4.78 is 0. The molecular formula is C25H23N5O2S. The Labute approximate surface area is 196 Å². The topological polar surface area (TPSA) is 89.3 Å². The van der Waals surface area contributed by atoms with Gasteiger partial charge in [-0.3, -0.25) is 9.59 Å². The van der Waals surface area contributed by atoms with Gasteiger partial charge in [0.25, 0.3) is 0 Å².